The van der Waals surface area contributed by atoms with Crippen molar-refractivity contribution in [2.24, 2.45) is 29.6 Å². The molecule has 2 bridgehead atoms. The van der Waals surface area contributed by atoms with E-state index in [0.717, 1.165) is 18.4 Å². The first-order chi connectivity index (χ1) is 26.5. The van der Waals surface area contributed by atoms with Gasteiger partial charge in [-0.05, 0) is 95.5 Å². The summed E-state index contributed by atoms with van der Waals surface area (Å²) in [4.78, 5) is 57.7. The molecule has 1 aliphatic carbocycles. The van der Waals surface area contributed by atoms with Crippen LogP contribution < -0.4 is 0 Å². The smallest absolute Gasteiger partial charge is 0.329 e. The minimum atomic E-state index is -2.49. The number of alkyl halides is 1. The quantitative estimate of drug-likeness (QED) is 0.146. The van der Waals surface area contributed by atoms with Crippen LogP contribution in [0.5, 0.6) is 0 Å². The SMILES string of the molecule is CC[C@H]1/C=C(\C)C[C@H](C)C[C@@H](OC)[C@@H]2O[C@@](O)(C(=O)C(=O)N3CCCC[C@H]3C(=O)O[C@@H](/C(C)=C/[C@@H]3CC[C@H](Cl)[C@H](OC)C3)[C@H](C)C(O)CC1=O)[C@H](C)C[C@@H]2OC. The van der Waals surface area contributed by atoms with E-state index in [1.165, 1.54) is 19.1 Å². The lowest BCUT2D eigenvalue weighted by Crippen LogP contribution is -2.64. The molecular formula is C43H68ClNO11. The molecule has 0 radical (unpaired) electrons. The van der Waals surface area contributed by atoms with E-state index in [-0.39, 0.29) is 54.9 Å². The van der Waals surface area contributed by atoms with Gasteiger partial charge in [-0.15, -0.1) is 11.6 Å². The van der Waals surface area contributed by atoms with E-state index in [1.807, 2.05) is 32.9 Å². The molecule has 1 saturated carbocycles. The number of carbonyl (C=O) groups excluding carboxylic acids is 4. The van der Waals surface area contributed by atoms with Gasteiger partial charge in [-0.1, -0.05) is 45.4 Å². The highest BCUT2D eigenvalue weighted by molar-refractivity contribution is 6.39. The van der Waals surface area contributed by atoms with Crippen molar-refractivity contribution in [3.05, 3.63) is 23.3 Å². The fourth-order valence-corrected chi connectivity index (χ4v) is 9.69. The number of cyclic esters (lactones) is 1. The van der Waals surface area contributed by atoms with Crippen molar-refractivity contribution in [2.75, 3.05) is 27.9 Å². The molecule has 3 fully saturated rings. The molecule has 1 amide bonds. The Balaban J connectivity index is 1.76. The third-order valence-corrected chi connectivity index (χ3v) is 13.3. The Labute approximate surface area is 339 Å². The van der Waals surface area contributed by atoms with Gasteiger partial charge in [0, 0.05) is 52.0 Å². The zero-order valence-electron chi connectivity index (χ0n) is 35.0. The van der Waals surface area contributed by atoms with Crippen LogP contribution in [0.1, 0.15) is 112 Å². The molecule has 0 aromatic carbocycles. The second-order valence-electron chi connectivity index (χ2n) is 17.1. The number of hydrogen-bond donors (Lipinski definition) is 2. The van der Waals surface area contributed by atoms with E-state index >= 15 is 0 Å². The van der Waals surface area contributed by atoms with Crippen LogP contribution in [0.4, 0.5) is 0 Å². The van der Waals surface area contributed by atoms with Gasteiger partial charge in [0.1, 0.15) is 24.0 Å². The molecule has 14 atom stereocenters. The van der Waals surface area contributed by atoms with Crippen LogP contribution in [-0.4, -0.2) is 120 Å². The number of ketones is 2. The van der Waals surface area contributed by atoms with E-state index < -0.39 is 77.8 Å². The third-order valence-electron chi connectivity index (χ3n) is 12.8. The van der Waals surface area contributed by atoms with Crippen LogP contribution in [0.2, 0.25) is 0 Å². The average molecular weight is 810 g/mol. The van der Waals surface area contributed by atoms with Crippen molar-refractivity contribution in [2.45, 2.75) is 166 Å². The Hall–Kier alpha value is -2.19. The van der Waals surface area contributed by atoms with Crippen molar-refractivity contribution in [3.63, 3.8) is 0 Å². The first-order valence-corrected chi connectivity index (χ1v) is 21.2. The van der Waals surface area contributed by atoms with Gasteiger partial charge >= 0.3 is 5.97 Å². The molecule has 2 N–H and O–H groups in total. The van der Waals surface area contributed by atoms with Gasteiger partial charge < -0.3 is 38.8 Å². The number of rotatable bonds is 6. The van der Waals surface area contributed by atoms with Crippen LogP contribution in [0.3, 0.4) is 0 Å². The number of carbonyl (C=O) groups is 4. The summed E-state index contributed by atoms with van der Waals surface area (Å²) in [6.45, 7) is 11.3. The number of amides is 1. The summed E-state index contributed by atoms with van der Waals surface area (Å²) >= 11 is 6.52. The van der Waals surface area contributed by atoms with E-state index in [9.17, 15) is 29.4 Å². The maximum atomic E-state index is 14.3. The van der Waals surface area contributed by atoms with E-state index in [1.54, 1.807) is 21.0 Å². The fourth-order valence-electron chi connectivity index (χ4n) is 9.36. The molecule has 13 heteroatoms. The van der Waals surface area contributed by atoms with Crippen LogP contribution >= 0.6 is 11.6 Å². The Morgan fingerprint density at radius 3 is 2.27 bits per heavy atom. The Morgan fingerprint density at radius 1 is 0.964 bits per heavy atom. The molecule has 3 heterocycles. The lowest BCUT2D eigenvalue weighted by atomic mass is 9.82. The van der Waals surface area contributed by atoms with Crippen molar-refractivity contribution < 1.29 is 53.1 Å². The maximum absolute atomic E-state index is 14.3. The Bertz CT molecular complexity index is 1440. The van der Waals surface area contributed by atoms with Crippen LogP contribution in [0.15, 0.2) is 23.3 Å². The summed E-state index contributed by atoms with van der Waals surface area (Å²) < 4.78 is 29.9. The predicted octanol–water partition coefficient (Wildman–Crippen LogP) is 5.72. The number of fused-ring (bicyclic) bond motifs is 3. The minimum Gasteiger partial charge on any atom is -0.456 e. The maximum Gasteiger partial charge on any atom is 0.329 e. The number of nitrogens with zero attached hydrogens (tertiary/aromatic N) is 1. The summed E-state index contributed by atoms with van der Waals surface area (Å²) in [5, 5.41) is 23.6. The van der Waals surface area contributed by atoms with Crippen molar-refractivity contribution in [3.8, 4) is 0 Å². The van der Waals surface area contributed by atoms with Gasteiger partial charge in [-0.25, -0.2) is 4.79 Å². The van der Waals surface area contributed by atoms with Gasteiger partial charge in [0.15, 0.2) is 0 Å². The van der Waals surface area contributed by atoms with Gasteiger partial charge in [0.2, 0.25) is 5.79 Å². The van der Waals surface area contributed by atoms with E-state index in [4.69, 9.17) is 35.3 Å². The van der Waals surface area contributed by atoms with Crippen LogP contribution in [-0.2, 0) is 42.9 Å². The highest BCUT2D eigenvalue weighted by Crippen LogP contribution is 2.39. The fraction of sp³-hybridized carbons (Fsp3) is 0.814. The van der Waals surface area contributed by atoms with Gasteiger partial charge in [0.05, 0.1) is 29.8 Å². The number of allylic oxidation sites excluding steroid dienone is 3. The standard InChI is InChI=1S/C43H68ClNO11/c1-10-30-18-24(2)17-25(3)19-36(53-8)39-37(54-9)21-27(5)43(51,56-39)40(48)41(49)45-16-12-11-13-32(45)42(50)55-38(28(6)33(46)23-34(30)47)26(4)20-29-14-15-31(44)35(22-29)52-7/h18,20,25,27-33,35-39,46,51H,10-17,19,21-23H2,1-9H3/b24-18+,26-20+/t25-,27+,28+,29-,30-,31-,32-,33?,35+,36+,37-,38-,39-,43+/m0/s1. The molecular weight excluding hydrogens is 742 g/mol. The Kier molecular flexibility index (Phi) is 17.2. The number of Topliss-reactive ketones (excluding diaryl/α,β-unsaturated/α-hetero) is 2. The average Bonchev–Trinajstić information content (AvgIpc) is 3.18. The molecule has 4 aliphatic rings. The van der Waals surface area contributed by atoms with Gasteiger partial charge in [-0.2, -0.15) is 0 Å². The molecule has 4 rings (SSSR count). The molecule has 56 heavy (non-hydrogen) atoms. The lowest BCUT2D eigenvalue weighted by molar-refractivity contribution is -0.302. The highest BCUT2D eigenvalue weighted by Gasteiger charge is 2.56. The number of aliphatic hydroxyl groups is 2. The molecule has 318 valence electrons. The second kappa shape index (κ2) is 20.7. The van der Waals surface area contributed by atoms with Crippen molar-refractivity contribution >= 4 is 35.0 Å². The topological polar surface area (TPSA) is 158 Å². The number of ether oxygens (including phenoxy) is 5. The summed E-state index contributed by atoms with van der Waals surface area (Å²) in [6.07, 6.45) is 5.16. The predicted molar refractivity (Wildman–Crippen MR) is 212 cm³/mol. The van der Waals surface area contributed by atoms with E-state index in [0.29, 0.717) is 44.1 Å². The number of halogens is 1. The molecule has 2 saturated heterocycles. The molecule has 0 aromatic rings. The molecule has 1 unspecified atom stereocenters. The van der Waals surface area contributed by atoms with Gasteiger partial charge in [-0.3, -0.25) is 14.4 Å². The minimum absolute atomic E-state index is 0.0425. The first-order valence-electron chi connectivity index (χ1n) is 20.7. The number of aliphatic hydroxyl groups excluding tert-OH is 1. The molecule has 3 aliphatic heterocycles. The van der Waals surface area contributed by atoms with E-state index in [2.05, 4.69) is 6.92 Å². The van der Waals surface area contributed by atoms with Crippen molar-refractivity contribution in [1.29, 1.82) is 0 Å². The summed E-state index contributed by atoms with van der Waals surface area (Å²) in [5.41, 5.74) is 1.71. The first kappa shape index (κ1) is 46.5. The largest absolute Gasteiger partial charge is 0.456 e. The second-order valence-corrected chi connectivity index (χ2v) is 17.7. The lowest BCUT2D eigenvalue weighted by Gasteiger charge is -2.47. The normalized spacial score (nSPS) is 41.6. The molecule has 12 nitrogen and oxygen atoms in total. The van der Waals surface area contributed by atoms with Crippen molar-refractivity contribution in [1.82, 2.24) is 4.90 Å². The highest BCUT2D eigenvalue weighted by atomic mass is 35.5. The van der Waals surface area contributed by atoms with Crippen LogP contribution in [0.25, 0.3) is 0 Å². The van der Waals surface area contributed by atoms with Gasteiger partial charge in [0.25, 0.3) is 11.7 Å². The number of hydrogen-bond acceptors (Lipinski definition) is 11. The summed E-state index contributed by atoms with van der Waals surface area (Å²) in [5.74, 6) is -7.31. The number of methoxy groups -OCH3 is 3. The summed E-state index contributed by atoms with van der Waals surface area (Å²) in [6, 6.07) is -1.12. The Morgan fingerprint density at radius 2 is 1.62 bits per heavy atom. The monoisotopic (exact) mass is 809 g/mol. The summed E-state index contributed by atoms with van der Waals surface area (Å²) in [7, 11) is 4.71. The number of esters is 1. The number of piperidine rings is 1. The third kappa shape index (κ3) is 10.9. The zero-order valence-corrected chi connectivity index (χ0v) is 35.8. The zero-order chi connectivity index (χ0) is 41.5. The molecule has 0 spiro atoms. The molecule has 0 aromatic heterocycles. The van der Waals surface area contributed by atoms with Crippen LogP contribution in [0, 0.1) is 29.6 Å².